The number of amides is 1. The Morgan fingerprint density at radius 1 is 1.24 bits per heavy atom. The molecule has 3 N–H and O–H groups in total. The van der Waals surface area contributed by atoms with E-state index in [1.807, 2.05) is 25.1 Å². The van der Waals surface area contributed by atoms with Gasteiger partial charge in [0.05, 0.1) is 6.04 Å². The van der Waals surface area contributed by atoms with E-state index < -0.39 is 0 Å². The van der Waals surface area contributed by atoms with Crippen molar-refractivity contribution in [2.24, 2.45) is 0 Å². The molecule has 0 radical (unpaired) electrons. The van der Waals surface area contributed by atoms with Crippen LogP contribution >= 0.6 is 0 Å². The molecule has 0 aliphatic rings. The smallest absolute Gasteiger partial charge is 0.241 e. The second kappa shape index (κ2) is 8.67. The maximum Gasteiger partial charge on any atom is 0.241 e. The SMILES string of the molecule is CCCN(CCC)C(CC)C(=O)Nc1ccc(C)c(N)c1. The number of rotatable bonds is 8. The van der Waals surface area contributed by atoms with E-state index in [4.69, 9.17) is 5.73 Å². The topological polar surface area (TPSA) is 58.4 Å². The lowest BCUT2D eigenvalue weighted by Gasteiger charge is -2.29. The van der Waals surface area contributed by atoms with E-state index >= 15 is 0 Å². The molecule has 1 aromatic carbocycles. The fourth-order valence-electron chi connectivity index (χ4n) is 2.55. The van der Waals surface area contributed by atoms with Crippen molar-refractivity contribution in [1.29, 1.82) is 0 Å². The fourth-order valence-corrected chi connectivity index (χ4v) is 2.55. The Morgan fingerprint density at radius 3 is 2.33 bits per heavy atom. The number of nitrogens with zero attached hydrogens (tertiary/aromatic N) is 1. The average Bonchev–Trinajstić information content (AvgIpc) is 2.44. The quantitative estimate of drug-likeness (QED) is 0.722. The summed E-state index contributed by atoms with van der Waals surface area (Å²) in [6, 6.07) is 5.58. The Labute approximate surface area is 128 Å². The van der Waals surface area contributed by atoms with E-state index in [1.54, 1.807) is 0 Å². The molecule has 0 aromatic heterocycles. The van der Waals surface area contributed by atoms with Gasteiger partial charge in [0.25, 0.3) is 0 Å². The molecule has 0 aliphatic carbocycles. The molecule has 21 heavy (non-hydrogen) atoms. The molecule has 1 amide bonds. The van der Waals surface area contributed by atoms with Crippen LogP contribution in [0.3, 0.4) is 0 Å². The standard InChI is InChI=1S/C17H29N3O/c1-5-10-20(11-6-2)16(7-3)17(21)19-14-9-8-13(4)15(18)12-14/h8-9,12,16H,5-7,10-11,18H2,1-4H3,(H,19,21). The summed E-state index contributed by atoms with van der Waals surface area (Å²) >= 11 is 0. The van der Waals surface area contributed by atoms with Crippen molar-refractivity contribution >= 4 is 17.3 Å². The Morgan fingerprint density at radius 2 is 1.86 bits per heavy atom. The summed E-state index contributed by atoms with van der Waals surface area (Å²) in [7, 11) is 0. The molecule has 0 fully saturated rings. The van der Waals surface area contributed by atoms with Crippen molar-refractivity contribution in [2.75, 3.05) is 24.1 Å². The summed E-state index contributed by atoms with van der Waals surface area (Å²) in [6.07, 6.45) is 2.93. The lowest BCUT2D eigenvalue weighted by molar-refractivity contribution is -0.121. The van der Waals surface area contributed by atoms with Gasteiger partial charge in [-0.1, -0.05) is 26.8 Å². The van der Waals surface area contributed by atoms with Crippen LogP contribution in [0, 0.1) is 6.92 Å². The number of hydrogen-bond donors (Lipinski definition) is 2. The fraction of sp³-hybridized carbons (Fsp3) is 0.588. The molecule has 1 unspecified atom stereocenters. The van der Waals surface area contributed by atoms with Gasteiger partial charge in [-0.2, -0.15) is 0 Å². The van der Waals surface area contributed by atoms with Gasteiger partial charge in [0.2, 0.25) is 5.91 Å². The molecule has 0 aliphatic heterocycles. The van der Waals surface area contributed by atoms with Crippen LogP contribution in [-0.2, 0) is 4.79 Å². The van der Waals surface area contributed by atoms with Crippen molar-refractivity contribution in [3.63, 3.8) is 0 Å². The number of hydrogen-bond acceptors (Lipinski definition) is 3. The number of nitrogen functional groups attached to an aromatic ring is 1. The molecule has 0 heterocycles. The van der Waals surface area contributed by atoms with Crippen LogP contribution in [0.4, 0.5) is 11.4 Å². The minimum atomic E-state index is -0.0765. The molecule has 4 heteroatoms. The van der Waals surface area contributed by atoms with E-state index in [2.05, 4.69) is 31.0 Å². The van der Waals surface area contributed by atoms with Gasteiger partial charge in [-0.3, -0.25) is 9.69 Å². The third kappa shape index (κ3) is 5.05. The van der Waals surface area contributed by atoms with E-state index in [0.29, 0.717) is 5.69 Å². The number of benzene rings is 1. The van der Waals surface area contributed by atoms with Crippen LogP contribution in [0.25, 0.3) is 0 Å². The summed E-state index contributed by atoms with van der Waals surface area (Å²) < 4.78 is 0. The highest BCUT2D eigenvalue weighted by Crippen LogP contribution is 2.18. The molecule has 1 aromatic rings. The second-order valence-corrected chi connectivity index (χ2v) is 5.52. The van der Waals surface area contributed by atoms with Gasteiger partial charge < -0.3 is 11.1 Å². The first-order valence-electron chi connectivity index (χ1n) is 7.94. The highest BCUT2D eigenvalue weighted by molar-refractivity contribution is 5.95. The van der Waals surface area contributed by atoms with Gasteiger partial charge in [-0.05, 0) is 57.0 Å². The number of aryl methyl sites for hydroxylation is 1. The number of nitrogens with one attached hydrogen (secondary N) is 1. The van der Waals surface area contributed by atoms with Crippen molar-refractivity contribution in [2.45, 2.75) is 53.0 Å². The predicted octanol–water partition coefficient (Wildman–Crippen LogP) is 3.42. The van der Waals surface area contributed by atoms with Gasteiger partial charge in [0.1, 0.15) is 0 Å². The van der Waals surface area contributed by atoms with Crippen molar-refractivity contribution in [3.05, 3.63) is 23.8 Å². The van der Waals surface area contributed by atoms with Crippen LogP contribution < -0.4 is 11.1 Å². The monoisotopic (exact) mass is 291 g/mol. The zero-order valence-electron chi connectivity index (χ0n) is 13.8. The molecule has 4 nitrogen and oxygen atoms in total. The summed E-state index contributed by atoms with van der Waals surface area (Å²) in [5, 5.41) is 3.00. The lowest BCUT2D eigenvalue weighted by Crippen LogP contribution is -2.44. The number of anilines is 2. The average molecular weight is 291 g/mol. The maximum absolute atomic E-state index is 12.5. The van der Waals surface area contributed by atoms with Crippen LogP contribution in [-0.4, -0.2) is 29.9 Å². The van der Waals surface area contributed by atoms with Crippen LogP contribution in [0.5, 0.6) is 0 Å². The van der Waals surface area contributed by atoms with Crippen LogP contribution in [0.2, 0.25) is 0 Å². The normalized spacial score (nSPS) is 12.4. The zero-order valence-corrected chi connectivity index (χ0v) is 13.8. The minimum absolute atomic E-state index is 0.0580. The predicted molar refractivity (Wildman–Crippen MR) is 90.5 cm³/mol. The third-order valence-corrected chi connectivity index (χ3v) is 3.70. The first kappa shape index (κ1) is 17.5. The van der Waals surface area contributed by atoms with Crippen LogP contribution in [0.15, 0.2) is 18.2 Å². The van der Waals surface area contributed by atoms with Crippen molar-refractivity contribution in [3.8, 4) is 0 Å². The van der Waals surface area contributed by atoms with Gasteiger partial charge in [-0.15, -0.1) is 0 Å². The molecule has 0 saturated carbocycles. The highest BCUT2D eigenvalue weighted by Gasteiger charge is 2.23. The van der Waals surface area contributed by atoms with Gasteiger partial charge in [-0.25, -0.2) is 0 Å². The summed E-state index contributed by atoms with van der Waals surface area (Å²) in [4.78, 5) is 14.8. The van der Waals surface area contributed by atoms with Crippen molar-refractivity contribution < 1.29 is 4.79 Å². The van der Waals surface area contributed by atoms with E-state index in [-0.39, 0.29) is 11.9 Å². The summed E-state index contributed by atoms with van der Waals surface area (Å²) in [5.74, 6) is 0.0580. The largest absolute Gasteiger partial charge is 0.398 e. The molecule has 0 spiro atoms. The maximum atomic E-state index is 12.5. The highest BCUT2D eigenvalue weighted by atomic mass is 16.2. The molecule has 1 atom stereocenters. The Balaban J connectivity index is 2.79. The third-order valence-electron chi connectivity index (χ3n) is 3.70. The number of carbonyl (C=O) groups excluding carboxylic acids is 1. The number of nitrogens with two attached hydrogens (primary N) is 1. The molecular formula is C17H29N3O. The second-order valence-electron chi connectivity index (χ2n) is 5.52. The lowest BCUT2D eigenvalue weighted by atomic mass is 10.1. The van der Waals surface area contributed by atoms with E-state index in [1.165, 1.54) is 0 Å². The van der Waals surface area contributed by atoms with Crippen LogP contribution in [0.1, 0.15) is 45.6 Å². The van der Waals surface area contributed by atoms with Crippen molar-refractivity contribution in [1.82, 2.24) is 4.90 Å². The molecular weight excluding hydrogens is 262 g/mol. The molecule has 1 rings (SSSR count). The first-order valence-corrected chi connectivity index (χ1v) is 7.94. The Kier molecular flexibility index (Phi) is 7.23. The minimum Gasteiger partial charge on any atom is -0.398 e. The summed E-state index contributed by atoms with van der Waals surface area (Å²) in [5.41, 5.74) is 8.41. The van der Waals surface area contributed by atoms with E-state index in [0.717, 1.165) is 43.6 Å². The Bertz CT molecular complexity index is 453. The van der Waals surface area contributed by atoms with Gasteiger partial charge >= 0.3 is 0 Å². The molecule has 118 valence electrons. The zero-order chi connectivity index (χ0) is 15.8. The Hall–Kier alpha value is -1.55. The molecule has 0 bridgehead atoms. The number of carbonyl (C=O) groups is 1. The van der Waals surface area contributed by atoms with Gasteiger partial charge in [0, 0.05) is 11.4 Å². The first-order chi connectivity index (χ1) is 10.0. The molecule has 0 saturated heterocycles. The van der Waals surface area contributed by atoms with E-state index in [9.17, 15) is 4.79 Å². The summed E-state index contributed by atoms with van der Waals surface area (Å²) in [6.45, 7) is 10.2. The van der Waals surface area contributed by atoms with Gasteiger partial charge in [0.15, 0.2) is 0 Å².